The molecule has 0 bridgehead atoms. The second-order valence-corrected chi connectivity index (χ2v) is 17.4. The summed E-state index contributed by atoms with van der Waals surface area (Å²) in [7, 11) is 0. The van der Waals surface area contributed by atoms with Gasteiger partial charge in [0.15, 0.2) is 0 Å². The van der Waals surface area contributed by atoms with Crippen LogP contribution in [0.2, 0.25) is 0 Å². The van der Waals surface area contributed by atoms with Crippen LogP contribution in [0.3, 0.4) is 0 Å². The van der Waals surface area contributed by atoms with Gasteiger partial charge in [-0.15, -0.1) is 11.3 Å². The highest BCUT2D eigenvalue weighted by Crippen LogP contribution is 2.42. The molecule has 3 heterocycles. The van der Waals surface area contributed by atoms with Crippen molar-refractivity contribution >= 4 is 85.6 Å². The fourth-order valence-corrected chi connectivity index (χ4v) is 10.9. The average Bonchev–Trinajstić information content (AvgIpc) is 3.89. The minimum atomic E-state index is 0.928. The summed E-state index contributed by atoms with van der Waals surface area (Å²) in [5.41, 5.74) is 12.1. The fraction of sp³-hybridized carbons (Fsp3) is 0. The van der Waals surface area contributed by atoms with Gasteiger partial charge in [-0.25, -0.2) is 4.98 Å². The lowest BCUT2D eigenvalue weighted by Gasteiger charge is -2.16. The first-order valence-corrected chi connectivity index (χ1v) is 22.0. The molecule has 288 valence electrons. The molecule has 0 spiro atoms. The predicted molar refractivity (Wildman–Crippen MR) is 266 cm³/mol. The molecule has 62 heavy (non-hydrogen) atoms. The lowest BCUT2D eigenvalue weighted by molar-refractivity contribution is 1.18. The van der Waals surface area contributed by atoms with E-state index in [4.69, 9.17) is 4.98 Å². The molecular weight excluding hydrogens is 769 g/mol. The number of aromatic nitrogens is 2. The van der Waals surface area contributed by atoms with Gasteiger partial charge < -0.3 is 4.57 Å². The first-order chi connectivity index (χ1) is 30.7. The van der Waals surface area contributed by atoms with Crippen molar-refractivity contribution in [3.05, 3.63) is 218 Å². The maximum absolute atomic E-state index is 5.57. The molecule has 2 nitrogen and oxygen atoms in total. The summed E-state index contributed by atoms with van der Waals surface area (Å²) >= 11 is 1.85. The highest BCUT2D eigenvalue weighted by molar-refractivity contribution is 7.25. The fourth-order valence-electron chi connectivity index (χ4n) is 9.85. The second kappa shape index (κ2) is 13.9. The zero-order valence-electron chi connectivity index (χ0n) is 33.6. The maximum Gasteiger partial charge on any atom is 0.0716 e. The molecule has 0 saturated carbocycles. The number of nitrogens with zero attached hydrogens (tertiary/aromatic N) is 2. The minimum Gasteiger partial charge on any atom is -0.309 e. The average molecular weight is 805 g/mol. The Morgan fingerprint density at radius 2 is 0.758 bits per heavy atom. The van der Waals surface area contributed by atoms with Crippen molar-refractivity contribution in [2.75, 3.05) is 0 Å². The molecule has 0 aliphatic heterocycles. The van der Waals surface area contributed by atoms with E-state index in [1.165, 1.54) is 74.3 Å². The molecule has 0 aliphatic carbocycles. The zero-order chi connectivity index (χ0) is 40.7. The maximum atomic E-state index is 5.57. The van der Waals surface area contributed by atoms with Crippen LogP contribution in [0.5, 0.6) is 0 Å². The van der Waals surface area contributed by atoms with Gasteiger partial charge in [0.2, 0.25) is 0 Å². The van der Waals surface area contributed by atoms with Crippen LogP contribution in [-0.2, 0) is 0 Å². The van der Waals surface area contributed by atoms with E-state index < -0.39 is 0 Å². The van der Waals surface area contributed by atoms with Crippen LogP contribution < -0.4 is 0 Å². The normalized spacial score (nSPS) is 11.9. The summed E-state index contributed by atoms with van der Waals surface area (Å²) in [4.78, 5) is 5.57. The Bertz CT molecular complexity index is 3840. The highest BCUT2D eigenvalue weighted by atomic mass is 32.1. The third-order valence-corrected chi connectivity index (χ3v) is 13.9. The van der Waals surface area contributed by atoms with Gasteiger partial charge in [-0.1, -0.05) is 152 Å². The molecule has 0 N–H and O–H groups in total. The molecule has 0 aliphatic rings. The number of hydrogen-bond donors (Lipinski definition) is 0. The van der Waals surface area contributed by atoms with Crippen molar-refractivity contribution in [3.8, 4) is 50.5 Å². The van der Waals surface area contributed by atoms with E-state index in [-0.39, 0.29) is 0 Å². The number of pyridine rings is 1. The van der Waals surface area contributed by atoms with Crippen molar-refractivity contribution in [3.63, 3.8) is 0 Å². The molecule has 0 unspecified atom stereocenters. The highest BCUT2D eigenvalue weighted by Gasteiger charge is 2.18. The molecule has 10 aromatic carbocycles. The Morgan fingerprint density at radius 3 is 1.45 bits per heavy atom. The van der Waals surface area contributed by atoms with Crippen LogP contribution in [0.4, 0.5) is 0 Å². The van der Waals surface area contributed by atoms with Gasteiger partial charge in [0.1, 0.15) is 0 Å². The zero-order valence-corrected chi connectivity index (χ0v) is 34.4. The predicted octanol–water partition coefficient (Wildman–Crippen LogP) is 16.7. The van der Waals surface area contributed by atoms with Crippen LogP contribution in [0.1, 0.15) is 0 Å². The lowest BCUT2D eigenvalue weighted by atomic mass is 9.91. The monoisotopic (exact) mass is 804 g/mol. The Balaban J connectivity index is 1.09. The van der Waals surface area contributed by atoms with Gasteiger partial charge in [-0.2, -0.15) is 0 Å². The number of para-hydroxylation sites is 2. The first-order valence-electron chi connectivity index (χ1n) is 21.2. The van der Waals surface area contributed by atoms with Gasteiger partial charge in [0.25, 0.3) is 0 Å². The molecule has 13 aromatic rings. The van der Waals surface area contributed by atoms with Crippen LogP contribution in [0, 0.1) is 0 Å². The first kappa shape index (κ1) is 35.0. The summed E-state index contributed by atoms with van der Waals surface area (Å²) in [6.07, 6.45) is 0. The topological polar surface area (TPSA) is 17.8 Å². The lowest BCUT2D eigenvalue weighted by Crippen LogP contribution is -1.97. The standard InChI is InChI=1S/C59H36N2S/c1-2-14-37(15-3-1)41-35-54(39-27-29-59-53(34-39)51-22-10-13-25-58(51)62-59)60-55(36-41)42-30-40(31-43(32-42)61-56-23-11-8-20-49(56)50-21-9-12-24-57(50)61)38-26-28-48-46-18-5-4-16-44(46)45-17-6-7-19-47(45)52(48)33-38/h1-36H. The summed E-state index contributed by atoms with van der Waals surface area (Å²) in [5.74, 6) is 0. The molecule has 13 rings (SSSR count). The number of benzene rings is 10. The van der Waals surface area contributed by atoms with Crippen molar-refractivity contribution in [2.45, 2.75) is 0 Å². The third kappa shape index (κ3) is 5.52. The second-order valence-electron chi connectivity index (χ2n) is 16.3. The smallest absolute Gasteiger partial charge is 0.0716 e. The van der Waals surface area contributed by atoms with E-state index >= 15 is 0 Å². The largest absolute Gasteiger partial charge is 0.309 e. The van der Waals surface area contributed by atoms with E-state index in [2.05, 4.69) is 223 Å². The Kier molecular flexibility index (Phi) is 7.81. The summed E-state index contributed by atoms with van der Waals surface area (Å²) in [6.45, 7) is 0. The SMILES string of the molecule is c1ccc(-c2cc(-c3cc(-c4ccc5c6ccccc6c6ccccc6c5c4)cc(-n4c5ccccc5c5ccccc54)c3)nc(-c3ccc4sc5ccccc5c4c3)c2)cc1. The van der Waals surface area contributed by atoms with Crippen LogP contribution in [0.25, 0.3) is 125 Å². The molecule has 0 amide bonds. The number of rotatable bonds is 5. The van der Waals surface area contributed by atoms with Gasteiger partial charge in [0.05, 0.1) is 22.4 Å². The van der Waals surface area contributed by atoms with Gasteiger partial charge in [0, 0.05) is 47.8 Å². The third-order valence-electron chi connectivity index (χ3n) is 12.7. The van der Waals surface area contributed by atoms with Crippen LogP contribution >= 0.6 is 11.3 Å². The number of fused-ring (bicyclic) bond motifs is 12. The molecule has 3 heteroatoms. The van der Waals surface area contributed by atoms with E-state index in [0.717, 1.165) is 50.5 Å². The van der Waals surface area contributed by atoms with Crippen LogP contribution in [0.15, 0.2) is 218 Å². The molecule has 0 radical (unpaired) electrons. The van der Waals surface area contributed by atoms with Crippen molar-refractivity contribution < 1.29 is 0 Å². The van der Waals surface area contributed by atoms with E-state index in [9.17, 15) is 0 Å². The summed E-state index contributed by atoms with van der Waals surface area (Å²) in [6, 6.07) is 80.0. The molecule has 0 saturated heterocycles. The molecule has 0 fully saturated rings. The quantitative estimate of drug-likeness (QED) is 0.158. The van der Waals surface area contributed by atoms with Gasteiger partial charge in [-0.05, 0) is 121 Å². The molecular formula is C59H36N2S. The van der Waals surface area contributed by atoms with Crippen molar-refractivity contribution in [1.82, 2.24) is 9.55 Å². The summed E-state index contributed by atoms with van der Waals surface area (Å²) in [5, 5.41) is 12.6. The summed E-state index contributed by atoms with van der Waals surface area (Å²) < 4.78 is 5.02. The van der Waals surface area contributed by atoms with E-state index in [1.807, 2.05) is 11.3 Å². The molecule has 0 atom stereocenters. The van der Waals surface area contributed by atoms with Crippen LogP contribution in [-0.4, -0.2) is 9.55 Å². The van der Waals surface area contributed by atoms with Crippen molar-refractivity contribution in [1.29, 1.82) is 0 Å². The molecule has 3 aromatic heterocycles. The number of thiophene rings is 1. The van der Waals surface area contributed by atoms with E-state index in [0.29, 0.717) is 0 Å². The van der Waals surface area contributed by atoms with E-state index in [1.54, 1.807) is 0 Å². The van der Waals surface area contributed by atoms with Crippen molar-refractivity contribution in [2.24, 2.45) is 0 Å². The minimum absolute atomic E-state index is 0.928. The Morgan fingerprint density at radius 1 is 0.274 bits per heavy atom. The number of hydrogen-bond acceptors (Lipinski definition) is 2. The van der Waals surface area contributed by atoms with Gasteiger partial charge >= 0.3 is 0 Å². The Hall–Kier alpha value is -7.85. The Labute approximate surface area is 362 Å². The van der Waals surface area contributed by atoms with Gasteiger partial charge in [-0.3, -0.25) is 0 Å².